The first-order valence-electron chi connectivity index (χ1n) is 7.06. The van der Waals surface area contributed by atoms with Gasteiger partial charge in [-0.2, -0.15) is 0 Å². The second kappa shape index (κ2) is 8.42. The molecule has 0 saturated carbocycles. The van der Waals surface area contributed by atoms with Gasteiger partial charge in [-0.05, 0) is 16.7 Å². The molecule has 0 heterocycles. The molecule has 0 aliphatic heterocycles. The predicted octanol–water partition coefficient (Wildman–Crippen LogP) is 3.36. The lowest BCUT2D eigenvalue weighted by Gasteiger charge is -2.04. The van der Waals surface area contributed by atoms with Crippen molar-refractivity contribution in [2.75, 3.05) is 20.8 Å². The van der Waals surface area contributed by atoms with Gasteiger partial charge >= 0.3 is 13.3 Å². The molecular formula is C17H18O5P+. The van der Waals surface area contributed by atoms with Crippen LogP contribution in [0.5, 0.6) is 11.5 Å². The zero-order valence-electron chi connectivity index (χ0n) is 13.0. The maximum Gasteiger partial charge on any atom is 0.556 e. The molecule has 6 heteroatoms. The predicted molar refractivity (Wildman–Crippen MR) is 88.1 cm³/mol. The minimum Gasteiger partial charge on any atom is -0.492 e. The molecule has 5 nitrogen and oxygen atoms in total. The van der Waals surface area contributed by atoms with Crippen LogP contribution in [-0.2, 0) is 9.09 Å². The molecule has 0 saturated heterocycles. The standard InChI is InChI=1S/C17H18O5P/c1-20-15-9-6-10-16(21-2)17(15)23(19)22-12-11-14(18)13-7-4-3-5-8-13/h3-10H,11-12H2,1-2H3/q+1. The highest BCUT2D eigenvalue weighted by molar-refractivity contribution is 7.49. The Bertz CT molecular complexity index is 662. The van der Waals surface area contributed by atoms with Crippen LogP contribution in [0.2, 0.25) is 0 Å². The lowest BCUT2D eigenvalue weighted by atomic mass is 10.1. The normalized spacial score (nSPS) is 11.0. The molecule has 0 spiro atoms. The average Bonchev–Trinajstić information content (AvgIpc) is 2.61. The Morgan fingerprint density at radius 3 is 2.13 bits per heavy atom. The molecule has 0 bridgehead atoms. The van der Waals surface area contributed by atoms with Gasteiger partial charge in [0.1, 0.15) is 6.61 Å². The largest absolute Gasteiger partial charge is 0.556 e. The summed E-state index contributed by atoms with van der Waals surface area (Å²) in [5, 5.41) is 0.361. The average molecular weight is 333 g/mol. The van der Waals surface area contributed by atoms with Crippen molar-refractivity contribution in [2.24, 2.45) is 0 Å². The Morgan fingerprint density at radius 2 is 1.57 bits per heavy atom. The van der Waals surface area contributed by atoms with Gasteiger partial charge in [-0.1, -0.05) is 36.4 Å². The van der Waals surface area contributed by atoms with Gasteiger partial charge in [0, 0.05) is 12.0 Å². The van der Waals surface area contributed by atoms with Crippen LogP contribution in [0.4, 0.5) is 0 Å². The number of ketones is 1. The molecule has 0 fully saturated rings. The summed E-state index contributed by atoms with van der Waals surface area (Å²) in [5.41, 5.74) is 0.612. The highest BCUT2D eigenvalue weighted by Gasteiger charge is 2.32. The van der Waals surface area contributed by atoms with Gasteiger partial charge in [-0.25, -0.2) is 0 Å². The van der Waals surface area contributed by atoms with E-state index >= 15 is 0 Å². The van der Waals surface area contributed by atoms with Crippen LogP contribution in [0.3, 0.4) is 0 Å². The van der Waals surface area contributed by atoms with Crippen LogP contribution >= 0.6 is 8.03 Å². The fraction of sp³-hybridized carbons (Fsp3) is 0.235. The maximum absolute atomic E-state index is 12.4. The number of benzene rings is 2. The third kappa shape index (κ3) is 4.38. The van der Waals surface area contributed by atoms with Gasteiger partial charge in [0.15, 0.2) is 17.3 Å². The first-order valence-corrected chi connectivity index (χ1v) is 8.24. The topological polar surface area (TPSA) is 61.8 Å². The van der Waals surface area contributed by atoms with Crippen molar-refractivity contribution in [3.05, 3.63) is 54.1 Å². The molecular weight excluding hydrogens is 315 g/mol. The number of rotatable bonds is 8. The number of carbonyl (C=O) groups excluding carboxylic acids is 1. The molecule has 0 aliphatic rings. The third-order valence-corrected chi connectivity index (χ3v) is 4.44. The molecule has 0 radical (unpaired) electrons. The van der Waals surface area contributed by atoms with Crippen molar-refractivity contribution in [3.8, 4) is 11.5 Å². The Hall–Kier alpha value is -2.23. The Labute approximate surface area is 136 Å². The third-order valence-electron chi connectivity index (χ3n) is 3.22. The lowest BCUT2D eigenvalue weighted by Crippen LogP contribution is -2.09. The minimum absolute atomic E-state index is 0.0546. The molecule has 0 aliphatic carbocycles. The minimum atomic E-state index is -2.18. The Balaban J connectivity index is 1.99. The number of Topliss-reactive ketones (excluding diaryl/α,β-unsaturated/α-hetero) is 1. The fourth-order valence-electron chi connectivity index (χ4n) is 2.07. The molecule has 120 valence electrons. The number of carbonyl (C=O) groups is 1. The SMILES string of the molecule is COc1cccc(OC)c1[P+](=O)OCCC(=O)c1ccccc1. The zero-order valence-corrected chi connectivity index (χ0v) is 13.9. The van der Waals surface area contributed by atoms with Crippen LogP contribution < -0.4 is 14.8 Å². The first-order chi connectivity index (χ1) is 11.2. The molecule has 2 rings (SSSR count). The van der Waals surface area contributed by atoms with Crippen LogP contribution in [-0.4, -0.2) is 26.6 Å². The first kappa shape index (κ1) is 17.1. The maximum atomic E-state index is 12.4. The zero-order chi connectivity index (χ0) is 16.7. The van der Waals surface area contributed by atoms with Gasteiger partial charge in [0.25, 0.3) is 0 Å². The number of methoxy groups -OCH3 is 2. The fourth-order valence-corrected chi connectivity index (χ4v) is 3.14. The van der Waals surface area contributed by atoms with Gasteiger partial charge in [-0.15, -0.1) is 4.52 Å². The summed E-state index contributed by atoms with van der Waals surface area (Å²) in [6, 6.07) is 14.0. The van der Waals surface area contributed by atoms with E-state index in [0.29, 0.717) is 22.4 Å². The van der Waals surface area contributed by atoms with Crippen molar-refractivity contribution in [3.63, 3.8) is 0 Å². The van der Waals surface area contributed by atoms with E-state index in [9.17, 15) is 9.36 Å². The van der Waals surface area contributed by atoms with Crippen molar-refractivity contribution in [1.82, 2.24) is 0 Å². The molecule has 23 heavy (non-hydrogen) atoms. The van der Waals surface area contributed by atoms with Crippen LogP contribution in [0, 0.1) is 0 Å². The number of ether oxygens (including phenoxy) is 2. The van der Waals surface area contributed by atoms with E-state index in [4.69, 9.17) is 14.0 Å². The molecule has 0 N–H and O–H groups in total. The van der Waals surface area contributed by atoms with Crippen molar-refractivity contribution < 1.29 is 23.4 Å². The second-order valence-electron chi connectivity index (χ2n) is 4.64. The Morgan fingerprint density at radius 1 is 0.957 bits per heavy atom. The van der Waals surface area contributed by atoms with Gasteiger partial charge < -0.3 is 9.47 Å². The molecule has 1 atom stereocenters. The van der Waals surface area contributed by atoms with Gasteiger partial charge in [0.2, 0.25) is 0 Å². The summed E-state index contributed by atoms with van der Waals surface area (Å²) in [4.78, 5) is 12.0. The van der Waals surface area contributed by atoms with Gasteiger partial charge in [0.05, 0.1) is 14.2 Å². The molecule has 1 unspecified atom stereocenters. The van der Waals surface area contributed by atoms with Gasteiger partial charge in [-0.3, -0.25) is 4.79 Å². The summed E-state index contributed by atoms with van der Waals surface area (Å²) < 4.78 is 28.1. The highest BCUT2D eigenvalue weighted by Crippen LogP contribution is 2.33. The van der Waals surface area contributed by atoms with E-state index in [1.54, 1.807) is 42.5 Å². The summed E-state index contributed by atoms with van der Waals surface area (Å²) in [6.07, 6.45) is 0.155. The van der Waals surface area contributed by atoms with Crippen molar-refractivity contribution in [1.29, 1.82) is 0 Å². The smallest absolute Gasteiger partial charge is 0.492 e. The van der Waals surface area contributed by atoms with E-state index in [-0.39, 0.29) is 18.8 Å². The van der Waals surface area contributed by atoms with Crippen LogP contribution in [0.1, 0.15) is 16.8 Å². The summed E-state index contributed by atoms with van der Waals surface area (Å²) in [5.74, 6) is 0.806. The second-order valence-corrected chi connectivity index (χ2v) is 5.86. The molecule has 0 amide bonds. The van der Waals surface area contributed by atoms with E-state index in [1.807, 2.05) is 6.07 Å². The van der Waals surface area contributed by atoms with Crippen molar-refractivity contribution in [2.45, 2.75) is 6.42 Å². The molecule has 2 aromatic carbocycles. The summed E-state index contributed by atoms with van der Waals surface area (Å²) in [7, 11) is 0.792. The quantitative estimate of drug-likeness (QED) is 0.547. The number of hydrogen-bond acceptors (Lipinski definition) is 5. The highest BCUT2D eigenvalue weighted by atomic mass is 31.1. The lowest BCUT2D eigenvalue weighted by molar-refractivity contribution is 0.0965. The van der Waals surface area contributed by atoms with Crippen LogP contribution in [0.25, 0.3) is 0 Å². The summed E-state index contributed by atoms with van der Waals surface area (Å²) >= 11 is 0. The molecule has 0 aromatic heterocycles. The number of hydrogen-bond donors (Lipinski definition) is 0. The van der Waals surface area contributed by atoms with E-state index < -0.39 is 8.03 Å². The monoisotopic (exact) mass is 333 g/mol. The van der Waals surface area contributed by atoms with E-state index in [1.165, 1.54) is 14.2 Å². The van der Waals surface area contributed by atoms with E-state index in [2.05, 4.69) is 0 Å². The van der Waals surface area contributed by atoms with E-state index in [0.717, 1.165) is 0 Å². The van der Waals surface area contributed by atoms with Crippen molar-refractivity contribution >= 4 is 19.1 Å². The summed E-state index contributed by atoms with van der Waals surface area (Å²) in [6.45, 7) is 0.0597. The molecule has 2 aromatic rings. The van der Waals surface area contributed by atoms with Crippen LogP contribution in [0.15, 0.2) is 48.5 Å². The Kier molecular flexibility index (Phi) is 6.27.